The van der Waals surface area contributed by atoms with Crippen LogP contribution in [0.3, 0.4) is 0 Å². The summed E-state index contributed by atoms with van der Waals surface area (Å²) in [6.45, 7) is 3.61. The van der Waals surface area contributed by atoms with Crippen LogP contribution in [0.25, 0.3) is 0 Å². The van der Waals surface area contributed by atoms with Crippen LogP contribution in [0.15, 0.2) is 17.9 Å². The van der Waals surface area contributed by atoms with Gasteiger partial charge in [0.2, 0.25) is 5.95 Å². The molecule has 1 N–H and O–H groups in total. The summed E-state index contributed by atoms with van der Waals surface area (Å²) in [4.78, 5) is 16.3. The van der Waals surface area contributed by atoms with Crippen molar-refractivity contribution >= 4 is 17.3 Å². The highest BCUT2D eigenvalue weighted by atomic mass is 32.1. The summed E-state index contributed by atoms with van der Waals surface area (Å²) < 4.78 is 0. The van der Waals surface area contributed by atoms with Crippen molar-refractivity contribution in [2.24, 2.45) is 0 Å². The molecule has 0 saturated carbocycles. The van der Waals surface area contributed by atoms with Gasteiger partial charge in [0.05, 0.1) is 17.7 Å². The van der Waals surface area contributed by atoms with Gasteiger partial charge in [-0.1, -0.05) is 0 Å². The zero-order valence-corrected chi connectivity index (χ0v) is 11.7. The molecule has 0 fully saturated rings. The molecule has 0 aromatic carbocycles. The number of aromatic nitrogens is 3. The van der Waals surface area contributed by atoms with Gasteiger partial charge in [0.25, 0.3) is 0 Å². The maximum Gasteiger partial charge on any atom is 0.225 e. The summed E-state index contributed by atoms with van der Waals surface area (Å²) >= 11 is 1.67. The number of nitrogens with zero attached hydrogens (tertiary/aromatic N) is 4. The number of aryl methyl sites for hydroxylation is 1. The predicted octanol–water partition coefficient (Wildman–Crippen LogP) is 1.60. The predicted molar refractivity (Wildman–Crippen MR) is 73.8 cm³/mol. The van der Waals surface area contributed by atoms with E-state index in [9.17, 15) is 0 Å². The van der Waals surface area contributed by atoms with Crippen LogP contribution in [-0.2, 0) is 13.1 Å². The van der Waals surface area contributed by atoms with Gasteiger partial charge in [-0.15, -0.1) is 11.3 Å². The van der Waals surface area contributed by atoms with E-state index in [0.717, 1.165) is 30.3 Å². The Morgan fingerprint density at radius 3 is 2.56 bits per heavy atom. The van der Waals surface area contributed by atoms with Gasteiger partial charge in [0, 0.05) is 36.4 Å². The first-order valence-corrected chi connectivity index (χ1v) is 6.64. The second-order valence-electron chi connectivity index (χ2n) is 4.14. The lowest BCUT2D eigenvalue weighted by Crippen LogP contribution is -2.19. The van der Waals surface area contributed by atoms with Gasteiger partial charge < -0.3 is 10.2 Å². The molecule has 2 heterocycles. The van der Waals surface area contributed by atoms with Crippen molar-refractivity contribution < 1.29 is 0 Å². The SMILES string of the molecule is CNCc1cnc(N(C)Cc2scnc2C)nc1. The molecule has 0 aliphatic carbocycles. The highest BCUT2D eigenvalue weighted by molar-refractivity contribution is 7.09. The zero-order chi connectivity index (χ0) is 13.0. The van der Waals surface area contributed by atoms with Gasteiger partial charge in [0.15, 0.2) is 0 Å². The van der Waals surface area contributed by atoms with Crippen LogP contribution in [0.5, 0.6) is 0 Å². The molecule has 0 unspecified atom stereocenters. The first kappa shape index (κ1) is 12.9. The van der Waals surface area contributed by atoms with Crippen molar-refractivity contribution in [3.8, 4) is 0 Å². The van der Waals surface area contributed by atoms with Gasteiger partial charge in [0.1, 0.15) is 0 Å². The van der Waals surface area contributed by atoms with Crippen molar-refractivity contribution in [1.29, 1.82) is 0 Å². The van der Waals surface area contributed by atoms with Crippen LogP contribution in [0, 0.1) is 6.92 Å². The molecule has 2 aromatic rings. The number of thiazole rings is 1. The van der Waals surface area contributed by atoms with Crippen LogP contribution in [0.1, 0.15) is 16.1 Å². The van der Waals surface area contributed by atoms with Gasteiger partial charge in [-0.2, -0.15) is 0 Å². The molecule has 0 spiro atoms. The molecule has 0 amide bonds. The Kier molecular flexibility index (Phi) is 4.22. The van der Waals surface area contributed by atoms with Crippen LogP contribution in [0.4, 0.5) is 5.95 Å². The standard InChI is InChI=1S/C12H17N5S/c1-9-11(18-8-16-9)7-17(3)12-14-5-10(4-13-2)6-15-12/h5-6,8,13H,4,7H2,1-3H3. The summed E-state index contributed by atoms with van der Waals surface area (Å²) in [5.74, 6) is 0.739. The Labute approximate surface area is 111 Å². The molecule has 18 heavy (non-hydrogen) atoms. The largest absolute Gasteiger partial charge is 0.339 e. The minimum Gasteiger partial charge on any atom is -0.339 e. The monoisotopic (exact) mass is 263 g/mol. The highest BCUT2D eigenvalue weighted by Crippen LogP contribution is 2.16. The smallest absolute Gasteiger partial charge is 0.225 e. The van der Waals surface area contributed by atoms with E-state index in [2.05, 4.69) is 20.3 Å². The van der Waals surface area contributed by atoms with E-state index < -0.39 is 0 Å². The van der Waals surface area contributed by atoms with E-state index in [4.69, 9.17) is 0 Å². The number of rotatable bonds is 5. The first-order valence-electron chi connectivity index (χ1n) is 5.76. The topological polar surface area (TPSA) is 53.9 Å². The number of hydrogen-bond acceptors (Lipinski definition) is 6. The maximum atomic E-state index is 4.37. The van der Waals surface area contributed by atoms with Crippen molar-refractivity contribution in [3.63, 3.8) is 0 Å². The highest BCUT2D eigenvalue weighted by Gasteiger charge is 2.08. The Balaban J connectivity index is 2.04. The Morgan fingerprint density at radius 1 is 1.28 bits per heavy atom. The Morgan fingerprint density at radius 2 is 2.00 bits per heavy atom. The van der Waals surface area contributed by atoms with E-state index in [-0.39, 0.29) is 0 Å². The third-order valence-corrected chi connectivity index (χ3v) is 3.56. The van der Waals surface area contributed by atoms with Gasteiger partial charge in [-0.05, 0) is 14.0 Å². The molecule has 2 rings (SSSR count). The lowest BCUT2D eigenvalue weighted by atomic mass is 10.3. The van der Waals surface area contributed by atoms with Crippen molar-refractivity contribution in [1.82, 2.24) is 20.3 Å². The molecule has 2 aromatic heterocycles. The summed E-state index contributed by atoms with van der Waals surface area (Å²) in [6.07, 6.45) is 3.71. The fourth-order valence-electron chi connectivity index (χ4n) is 1.60. The molecule has 0 bridgehead atoms. The quantitative estimate of drug-likeness (QED) is 0.888. The number of hydrogen-bond donors (Lipinski definition) is 1. The lowest BCUT2D eigenvalue weighted by Gasteiger charge is -2.16. The molecule has 0 radical (unpaired) electrons. The third kappa shape index (κ3) is 3.02. The Bertz CT molecular complexity index is 493. The van der Waals surface area contributed by atoms with E-state index >= 15 is 0 Å². The lowest BCUT2D eigenvalue weighted by molar-refractivity contribution is 0.797. The molecule has 96 valence electrons. The molecule has 0 saturated heterocycles. The number of anilines is 1. The zero-order valence-electron chi connectivity index (χ0n) is 10.8. The molecular formula is C12H17N5S. The first-order chi connectivity index (χ1) is 8.70. The van der Waals surface area contributed by atoms with Crippen LogP contribution in [0.2, 0.25) is 0 Å². The van der Waals surface area contributed by atoms with E-state index in [1.54, 1.807) is 11.3 Å². The average Bonchev–Trinajstić information content (AvgIpc) is 2.76. The molecule has 5 nitrogen and oxygen atoms in total. The van der Waals surface area contributed by atoms with Crippen LogP contribution < -0.4 is 10.2 Å². The van der Waals surface area contributed by atoms with Gasteiger partial charge >= 0.3 is 0 Å². The van der Waals surface area contributed by atoms with Crippen LogP contribution in [-0.4, -0.2) is 29.0 Å². The Hall–Kier alpha value is -1.53. The van der Waals surface area contributed by atoms with Crippen molar-refractivity contribution in [2.75, 3.05) is 19.0 Å². The average molecular weight is 263 g/mol. The van der Waals surface area contributed by atoms with E-state index in [1.807, 2.05) is 43.8 Å². The molecule has 0 atom stereocenters. The fraction of sp³-hybridized carbons (Fsp3) is 0.417. The third-order valence-electron chi connectivity index (χ3n) is 2.64. The van der Waals surface area contributed by atoms with E-state index in [1.165, 1.54) is 4.88 Å². The summed E-state index contributed by atoms with van der Waals surface area (Å²) in [5.41, 5.74) is 4.04. The normalized spacial score (nSPS) is 10.6. The summed E-state index contributed by atoms with van der Waals surface area (Å²) in [7, 11) is 3.90. The maximum absolute atomic E-state index is 4.37. The van der Waals surface area contributed by atoms with Gasteiger partial charge in [-0.25, -0.2) is 15.0 Å². The molecule has 0 aliphatic rings. The molecule has 6 heteroatoms. The minimum absolute atomic E-state index is 0.739. The second kappa shape index (κ2) is 5.88. The molecule has 0 aliphatic heterocycles. The molecular weight excluding hydrogens is 246 g/mol. The summed E-state index contributed by atoms with van der Waals surface area (Å²) in [5, 5.41) is 3.08. The van der Waals surface area contributed by atoms with E-state index in [0.29, 0.717) is 0 Å². The minimum atomic E-state index is 0.739. The van der Waals surface area contributed by atoms with Crippen LogP contribution >= 0.6 is 11.3 Å². The second-order valence-corrected chi connectivity index (χ2v) is 5.08. The summed E-state index contributed by atoms with van der Waals surface area (Å²) in [6, 6.07) is 0. The van der Waals surface area contributed by atoms with Gasteiger partial charge in [-0.3, -0.25) is 0 Å². The van der Waals surface area contributed by atoms with Crippen molar-refractivity contribution in [3.05, 3.63) is 34.0 Å². The number of nitrogens with one attached hydrogen (secondary N) is 1. The fourth-order valence-corrected chi connectivity index (χ4v) is 2.43. The van der Waals surface area contributed by atoms with Crippen molar-refractivity contribution in [2.45, 2.75) is 20.0 Å².